The Morgan fingerprint density at radius 2 is 2.32 bits per heavy atom. The predicted molar refractivity (Wildman–Crippen MR) is 69.5 cm³/mol. The van der Waals surface area contributed by atoms with Gasteiger partial charge in [-0.25, -0.2) is 9.18 Å². The molecule has 100 valence electrons. The number of aliphatic hydroxyl groups is 1. The Hall–Kier alpha value is -1.88. The maximum Gasteiger partial charge on any atom is 0.323 e. The van der Waals surface area contributed by atoms with Gasteiger partial charge in [0.1, 0.15) is 5.82 Å². The topological polar surface area (TPSA) is 68.2 Å². The second-order valence-corrected chi connectivity index (χ2v) is 5.05. The van der Waals surface area contributed by atoms with Crippen LogP contribution in [0.4, 0.5) is 9.18 Å². The van der Waals surface area contributed by atoms with Crippen LogP contribution in [-0.4, -0.2) is 22.3 Å². The van der Waals surface area contributed by atoms with Crippen LogP contribution in [0.1, 0.15) is 17.7 Å². The number of amides is 1. The Bertz CT molecular complexity index is 663. The highest BCUT2D eigenvalue weighted by Crippen LogP contribution is 2.34. The Morgan fingerprint density at radius 1 is 1.53 bits per heavy atom. The number of nitrogens with zero attached hydrogens (tertiary/aromatic N) is 1. The van der Waals surface area contributed by atoms with Gasteiger partial charge in [0, 0.05) is 17.7 Å². The minimum atomic E-state index is -0.541. The maximum absolute atomic E-state index is 13.4. The zero-order valence-corrected chi connectivity index (χ0v) is 10.4. The third kappa shape index (κ3) is 1.81. The largest absolute Gasteiger partial charge is 0.396 e. The summed E-state index contributed by atoms with van der Waals surface area (Å²) in [7, 11) is 0. The number of aromatic nitrogens is 1. The number of carbonyl (C=O) groups excluding carboxylic acids is 1. The van der Waals surface area contributed by atoms with Crippen LogP contribution in [0.25, 0.3) is 10.9 Å². The summed E-state index contributed by atoms with van der Waals surface area (Å²) in [4.78, 5) is 11.6. The van der Waals surface area contributed by atoms with E-state index >= 15 is 0 Å². The van der Waals surface area contributed by atoms with E-state index in [0.29, 0.717) is 18.4 Å². The molecule has 0 saturated heterocycles. The van der Waals surface area contributed by atoms with Crippen molar-refractivity contribution in [2.24, 2.45) is 11.7 Å². The van der Waals surface area contributed by atoms with Crippen molar-refractivity contribution in [3.8, 4) is 0 Å². The fourth-order valence-electron chi connectivity index (χ4n) is 3.01. The second kappa shape index (κ2) is 4.35. The van der Waals surface area contributed by atoms with Crippen molar-refractivity contribution in [2.75, 3.05) is 6.61 Å². The lowest BCUT2D eigenvalue weighted by Gasteiger charge is -2.21. The molecule has 0 saturated carbocycles. The summed E-state index contributed by atoms with van der Waals surface area (Å²) in [6, 6.07) is 3.81. The highest BCUT2D eigenvalue weighted by molar-refractivity contribution is 5.95. The molecule has 1 aliphatic rings. The number of rotatable bonds is 1. The molecule has 0 aliphatic heterocycles. The molecule has 1 atom stereocenters. The van der Waals surface area contributed by atoms with Gasteiger partial charge < -0.3 is 10.8 Å². The predicted octanol–water partition coefficient (Wildman–Crippen LogP) is 1.80. The van der Waals surface area contributed by atoms with Crippen LogP contribution in [0.3, 0.4) is 0 Å². The molecule has 1 aromatic carbocycles. The lowest BCUT2D eigenvalue weighted by atomic mass is 9.87. The standard InChI is InChI=1S/C14H15FN2O2/c15-9-2-4-13-11(6-9)10-5-8(7-18)1-3-12(10)17(13)14(16)19/h2,4,6,8,18H,1,3,5,7H2,(H2,16,19). The summed E-state index contributed by atoms with van der Waals surface area (Å²) in [5.41, 5.74) is 7.89. The van der Waals surface area contributed by atoms with E-state index in [0.717, 1.165) is 23.1 Å². The van der Waals surface area contributed by atoms with Gasteiger partial charge in [0.25, 0.3) is 0 Å². The zero-order chi connectivity index (χ0) is 13.6. The first-order chi connectivity index (χ1) is 9.11. The van der Waals surface area contributed by atoms with E-state index in [1.165, 1.54) is 16.7 Å². The van der Waals surface area contributed by atoms with Gasteiger partial charge in [-0.3, -0.25) is 4.57 Å². The SMILES string of the molecule is NC(=O)n1c2c(c3cc(F)ccc31)CC(CO)CC2. The summed E-state index contributed by atoms with van der Waals surface area (Å²) in [5.74, 6) is -0.161. The molecule has 0 spiro atoms. The molecule has 1 aromatic heterocycles. The molecule has 1 amide bonds. The van der Waals surface area contributed by atoms with Gasteiger partial charge in [-0.2, -0.15) is 0 Å². The van der Waals surface area contributed by atoms with Crippen molar-refractivity contribution in [1.29, 1.82) is 0 Å². The molecule has 0 bridgehead atoms. The molecule has 5 heteroatoms. The monoisotopic (exact) mass is 262 g/mol. The number of primary amides is 1. The number of fused-ring (bicyclic) bond motifs is 3. The van der Waals surface area contributed by atoms with E-state index in [2.05, 4.69) is 0 Å². The third-order valence-electron chi connectivity index (χ3n) is 3.90. The lowest BCUT2D eigenvalue weighted by molar-refractivity contribution is 0.212. The molecular formula is C14H15FN2O2. The summed E-state index contributed by atoms with van der Waals surface area (Å²) in [6.07, 6.45) is 2.15. The normalized spacial score (nSPS) is 18.5. The minimum Gasteiger partial charge on any atom is -0.396 e. The number of hydrogen-bond acceptors (Lipinski definition) is 2. The quantitative estimate of drug-likeness (QED) is 0.823. The molecular weight excluding hydrogens is 247 g/mol. The molecule has 1 aliphatic carbocycles. The average Bonchev–Trinajstić information content (AvgIpc) is 2.71. The van der Waals surface area contributed by atoms with Gasteiger partial charge >= 0.3 is 6.03 Å². The molecule has 2 aromatic rings. The fraction of sp³-hybridized carbons (Fsp3) is 0.357. The van der Waals surface area contributed by atoms with Crippen LogP contribution in [0.15, 0.2) is 18.2 Å². The number of carbonyl (C=O) groups is 1. The van der Waals surface area contributed by atoms with Gasteiger partial charge in [0.15, 0.2) is 0 Å². The molecule has 1 unspecified atom stereocenters. The molecule has 0 fully saturated rings. The number of nitrogens with two attached hydrogens (primary N) is 1. The summed E-state index contributed by atoms with van der Waals surface area (Å²) >= 11 is 0. The van der Waals surface area contributed by atoms with Gasteiger partial charge in [0.05, 0.1) is 5.52 Å². The van der Waals surface area contributed by atoms with Crippen molar-refractivity contribution < 1.29 is 14.3 Å². The zero-order valence-electron chi connectivity index (χ0n) is 10.4. The third-order valence-corrected chi connectivity index (χ3v) is 3.90. The first-order valence-corrected chi connectivity index (χ1v) is 6.34. The van der Waals surface area contributed by atoms with Crippen LogP contribution in [0.5, 0.6) is 0 Å². The Kier molecular flexibility index (Phi) is 2.78. The highest BCUT2D eigenvalue weighted by atomic mass is 19.1. The average molecular weight is 262 g/mol. The Balaban J connectivity index is 2.29. The summed E-state index contributed by atoms with van der Waals surface area (Å²) in [5, 5.41) is 10.0. The van der Waals surface area contributed by atoms with E-state index < -0.39 is 6.03 Å². The molecule has 19 heavy (non-hydrogen) atoms. The molecule has 4 nitrogen and oxygen atoms in total. The van der Waals surface area contributed by atoms with Crippen LogP contribution in [-0.2, 0) is 12.8 Å². The lowest BCUT2D eigenvalue weighted by Crippen LogP contribution is -2.25. The van der Waals surface area contributed by atoms with Gasteiger partial charge in [-0.15, -0.1) is 0 Å². The van der Waals surface area contributed by atoms with Gasteiger partial charge in [0.2, 0.25) is 0 Å². The van der Waals surface area contributed by atoms with Crippen LogP contribution >= 0.6 is 0 Å². The van der Waals surface area contributed by atoms with E-state index in [9.17, 15) is 14.3 Å². The van der Waals surface area contributed by atoms with E-state index in [1.807, 2.05) is 0 Å². The first-order valence-electron chi connectivity index (χ1n) is 6.34. The van der Waals surface area contributed by atoms with E-state index in [-0.39, 0.29) is 18.3 Å². The first kappa shape index (κ1) is 12.2. The summed E-state index contributed by atoms with van der Waals surface area (Å²) in [6.45, 7) is 0.109. The number of halogens is 1. The van der Waals surface area contributed by atoms with Crippen molar-refractivity contribution in [3.05, 3.63) is 35.3 Å². The van der Waals surface area contributed by atoms with Gasteiger partial charge in [-0.1, -0.05) is 0 Å². The van der Waals surface area contributed by atoms with Crippen LogP contribution in [0.2, 0.25) is 0 Å². The number of aliphatic hydroxyl groups excluding tert-OH is 1. The van der Waals surface area contributed by atoms with E-state index in [1.54, 1.807) is 6.07 Å². The van der Waals surface area contributed by atoms with E-state index in [4.69, 9.17) is 5.73 Å². The second-order valence-electron chi connectivity index (χ2n) is 5.05. The molecule has 3 N–H and O–H groups in total. The molecule has 3 rings (SSSR count). The van der Waals surface area contributed by atoms with Crippen LogP contribution < -0.4 is 5.73 Å². The summed E-state index contributed by atoms with van der Waals surface area (Å²) < 4.78 is 14.9. The molecule has 0 radical (unpaired) electrons. The van der Waals surface area contributed by atoms with Crippen molar-refractivity contribution in [3.63, 3.8) is 0 Å². The Labute approximate surface area is 109 Å². The maximum atomic E-state index is 13.4. The van der Waals surface area contributed by atoms with Crippen molar-refractivity contribution in [2.45, 2.75) is 19.3 Å². The highest BCUT2D eigenvalue weighted by Gasteiger charge is 2.26. The van der Waals surface area contributed by atoms with Crippen molar-refractivity contribution >= 4 is 16.9 Å². The smallest absolute Gasteiger partial charge is 0.323 e. The molecule has 1 heterocycles. The number of hydrogen-bond donors (Lipinski definition) is 2. The van der Waals surface area contributed by atoms with Crippen molar-refractivity contribution in [1.82, 2.24) is 4.57 Å². The minimum absolute atomic E-state index is 0.109. The van der Waals surface area contributed by atoms with Crippen LogP contribution in [0, 0.1) is 11.7 Å². The fourth-order valence-corrected chi connectivity index (χ4v) is 3.01. The number of benzene rings is 1. The van der Waals surface area contributed by atoms with Gasteiger partial charge in [-0.05, 0) is 48.9 Å². The Morgan fingerprint density at radius 3 is 3.00 bits per heavy atom.